The van der Waals surface area contributed by atoms with Crippen molar-refractivity contribution in [2.24, 2.45) is 11.7 Å². The number of hydrogen-bond donors (Lipinski definition) is 4. The summed E-state index contributed by atoms with van der Waals surface area (Å²) >= 11 is 3.47. The first-order valence-corrected chi connectivity index (χ1v) is 16.4. The predicted octanol–water partition coefficient (Wildman–Crippen LogP) is 4.47. The number of nitrogens with zero attached hydrogens (tertiary/aromatic N) is 1. The van der Waals surface area contributed by atoms with Gasteiger partial charge in [0.2, 0.25) is 17.7 Å². The molecule has 42 heavy (non-hydrogen) atoms. The number of nitrogens with two attached hydrogens (primary N) is 1. The number of amides is 3. The summed E-state index contributed by atoms with van der Waals surface area (Å²) in [6, 6.07) is 7.71. The second-order valence-electron chi connectivity index (χ2n) is 11.0. The van der Waals surface area contributed by atoms with Crippen LogP contribution in [0.5, 0.6) is 0 Å². The highest BCUT2D eigenvalue weighted by Gasteiger charge is 2.38. The largest absolute Gasteiger partial charge is 0.342 e. The summed E-state index contributed by atoms with van der Waals surface area (Å²) in [4.78, 5) is 39.5. The zero-order valence-corrected chi connectivity index (χ0v) is 26.9. The van der Waals surface area contributed by atoms with Gasteiger partial charge < -0.3 is 26.6 Å². The first-order chi connectivity index (χ1) is 20.0. The second kappa shape index (κ2) is 16.1. The molecule has 3 heterocycles. The standard InChI is InChI=1S/C23H37N5O3S.C9H8S/c1-16-8-6-5-7-13-32-15-19(16)14-20(21(30)28(4)17(2)26-18(3)29)27-22(31)23(24)9-11-25-12-10-23;1-7-6-10-9-5-3-2-4-8(7)9/h5-8,15-17,20,25H,9-14,24H2,1-4H3,(H,26,29)(H,27,31);2-6H,1H3/b7-5-,8-6-,19-15-;/t16?,17-,20-;/m1./s1. The van der Waals surface area contributed by atoms with Crippen LogP contribution in [0.4, 0.5) is 0 Å². The molecule has 228 valence electrons. The highest BCUT2D eigenvalue weighted by atomic mass is 32.2. The molecule has 0 aliphatic carbocycles. The van der Waals surface area contributed by atoms with Crippen molar-refractivity contribution in [1.82, 2.24) is 20.9 Å². The highest BCUT2D eigenvalue weighted by molar-refractivity contribution is 8.02. The molecule has 2 aliphatic heterocycles. The summed E-state index contributed by atoms with van der Waals surface area (Å²) in [6.45, 7) is 8.70. The fourth-order valence-electron chi connectivity index (χ4n) is 4.82. The number of allylic oxidation sites excluding steroid dienone is 3. The molecule has 1 unspecified atom stereocenters. The minimum atomic E-state index is -0.997. The van der Waals surface area contributed by atoms with E-state index < -0.39 is 17.7 Å². The number of carbonyl (C=O) groups is 3. The van der Waals surface area contributed by atoms with Crippen LogP contribution in [0.1, 0.15) is 45.6 Å². The van der Waals surface area contributed by atoms with Crippen LogP contribution in [0.15, 0.2) is 64.9 Å². The number of thioether (sulfide) groups is 1. The number of nitrogens with one attached hydrogen (secondary N) is 3. The smallest absolute Gasteiger partial charge is 0.246 e. The Balaban J connectivity index is 0.000000401. The predicted molar refractivity (Wildman–Crippen MR) is 176 cm³/mol. The lowest BCUT2D eigenvalue weighted by molar-refractivity contribution is -0.139. The van der Waals surface area contributed by atoms with E-state index in [2.05, 4.69) is 77.0 Å². The van der Waals surface area contributed by atoms with Crippen LogP contribution in [0.2, 0.25) is 0 Å². The lowest BCUT2D eigenvalue weighted by Gasteiger charge is -2.35. The van der Waals surface area contributed by atoms with Crippen LogP contribution >= 0.6 is 23.1 Å². The average Bonchev–Trinajstić information content (AvgIpc) is 3.38. The Bertz CT molecular complexity index is 1310. The number of carbonyl (C=O) groups excluding carboxylic acids is 3. The van der Waals surface area contributed by atoms with Crippen molar-refractivity contribution in [3.63, 3.8) is 0 Å². The van der Waals surface area contributed by atoms with E-state index in [0.29, 0.717) is 32.4 Å². The van der Waals surface area contributed by atoms with Gasteiger partial charge in [-0.3, -0.25) is 14.4 Å². The van der Waals surface area contributed by atoms with Gasteiger partial charge in [0.15, 0.2) is 0 Å². The maximum absolute atomic E-state index is 13.4. The minimum Gasteiger partial charge on any atom is -0.342 e. The Labute approximate surface area is 258 Å². The number of aryl methyl sites for hydroxylation is 1. The first-order valence-electron chi connectivity index (χ1n) is 14.4. The molecule has 0 saturated carbocycles. The molecule has 8 nitrogen and oxygen atoms in total. The third-order valence-corrected chi connectivity index (χ3v) is 9.60. The minimum absolute atomic E-state index is 0.112. The number of benzene rings is 1. The van der Waals surface area contributed by atoms with Gasteiger partial charge in [0.1, 0.15) is 12.2 Å². The van der Waals surface area contributed by atoms with Gasteiger partial charge in [0.05, 0.1) is 5.54 Å². The molecule has 2 aromatic rings. The molecule has 4 rings (SSSR count). The van der Waals surface area contributed by atoms with Gasteiger partial charge in [0, 0.05) is 24.4 Å². The lowest BCUT2D eigenvalue weighted by atomic mass is 9.87. The van der Waals surface area contributed by atoms with E-state index in [9.17, 15) is 14.4 Å². The van der Waals surface area contributed by atoms with Gasteiger partial charge in [-0.05, 0) is 79.9 Å². The maximum atomic E-state index is 13.4. The normalized spacial score (nSPS) is 22.3. The summed E-state index contributed by atoms with van der Waals surface area (Å²) in [5.41, 5.74) is 7.86. The van der Waals surface area contributed by atoms with E-state index in [4.69, 9.17) is 5.73 Å². The number of rotatable bonds is 7. The monoisotopic (exact) mass is 611 g/mol. The van der Waals surface area contributed by atoms with E-state index in [1.807, 2.05) is 23.5 Å². The van der Waals surface area contributed by atoms with Gasteiger partial charge in [-0.1, -0.05) is 55.0 Å². The quantitative estimate of drug-likeness (QED) is 0.344. The van der Waals surface area contributed by atoms with Crippen LogP contribution in [-0.4, -0.2) is 66.3 Å². The molecule has 0 bridgehead atoms. The van der Waals surface area contributed by atoms with Crippen molar-refractivity contribution >= 4 is 50.9 Å². The first kappa shape index (κ1) is 33.6. The molecule has 3 amide bonds. The topological polar surface area (TPSA) is 117 Å². The van der Waals surface area contributed by atoms with E-state index in [-0.39, 0.29) is 23.6 Å². The number of hydrogen-bond acceptors (Lipinski definition) is 7. The van der Waals surface area contributed by atoms with Gasteiger partial charge in [0.25, 0.3) is 0 Å². The Kier molecular flexibility index (Phi) is 12.8. The Morgan fingerprint density at radius 2 is 1.88 bits per heavy atom. The van der Waals surface area contributed by atoms with Gasteiger partial charge >= 0.3 is 0 Å². The van der Waals surface area contributed by atoms with E-state index in [1.54, 1.807) is 25.7 Å². The van der Waals surface area contributed by atoms with Crippen LogP contribution in [-0.2, 0) is 14.4 Å². The van der Waals surface area contributed by atoms with E-state index >= 15 is 0 Å². The number of fused-ring (bicyclic) bond motifs is 1. The van der Waals surface area contributed by atoms with Crippen LogP contribution in [0, 0.1) is 12.8 Å². The van der Waals surface area contributed by atoms with Crippen molar-refractivity contribution in [3.8, 4) is 0 Å². The number of piperidine rings is 1. The van der Waals surface area contributed by atoms with Crippen molar-refractivity contribution in [2.75, 3.05) is 25.9 Å². The SMILES string of the molecule is CC(=O)N[C@@H](C)N(C)C(=O)[C@@H](C/C1=C/SC/C=C\C=C/C1C)NC(=O)C1(N)CCNCC1.Cc1csc2ccccc12. The molecule has 1 fully saturated rings. The van der Waals surface area contributed by atoms with Crippen LogP contribution < -0.4 is 21.7 Å². The number of thiophene rings is 1. The fraction of sp³-hybridized carbons (Fsp3) is 0.469. The summed E-state index contributed by atoms with van der Waals surface area (Å²) in [6.07, 6.45) is 9.08. The zero-order valence-electron chi connectivity index (χ0n) is 25.3. The van der Waals surface area contributed by atoms with Gasteiger partial charge in [-0.15, -0.1) is 23.1 Å². The molecule has 1 aromatic heterocycles. The molecular weight excluding hydrogens is 567 g/mol. The van der Waals surface area contributed by atoms with E-state index in [1.165, 1.54) is 27.5 Å². The summed E-state index contributed by atoms with van der Waals surface area (Å²) in [7, 11) is 1.63. The van der Waals surface area contributed by atoms with Crippen LogP contribution in [0.25, 0.3) is 10.1 Å². The van der Waals surface area contributed by atoms with Gasteiger partial charge in [-0.25, -0.2) is 0 Å². The maximum Gasteiger partial charge on any atom is 0.246 e. The van der Waals surface area contributed by atoms with E-state index in [0.717, 1.165) is 11.3 Å². The molecule has 0 radical (unpaired) electrons. The third kappa shape index (κ3) is 9.55. The highest BCUT2D eigenvalue weighted by Crippen LogP contribution is 2.26. The molecule has 3 atom stereocenters. The molecule has 0 spiro atoms. The van der Waals surface area contributed by atoms with Gasteiger partial charge in [-0.2, -0.15) is 0 Å². The molecular formula is C32H45N5O3S2. The molecule has 1 aromatic carbocycles. The molecule has 10 heteroatoms. The number of likely N-dealkylation sites (N-methyl/N-ethyl adjacent to an activating group) is 1. The Hall–Kier alpha value is -2.92. The Morgan fingerprint density at radius 3 is 2.57 bits per heavy atom. The summed E-state index contributed by atoms with van der Waals surface area (Å²) in [5, 5.41) is 14.6. The summed E-state index contributed by atoms with van der Waals surface area (Å²) < 4.78 is 1.39. The molecule has 1 saturated heterocycles. The summed E-state index contributed by atoms with van der Waals surface area (Å²) in [5.74, 6) is 0.150. The lowest BCUT2D eigenvalue weighted by Crippen LogP contribution is -2.62. The van der Waals surface area contributed by atoms with Crippen molar-refractivity contribution in [3.05, 3.63) is 70.5 Å². The molecule has 5 N–H and O–H groups in total. The Morgan fingerprint density at radius 1 is 1.17 bits per heavy atom. The fourth-order valence-corrected chi connectivity index (χ4v) is 6.60. The zero-order chi connectivity index (χ0) is 30.7. The third-order valence-electron chi connectivity index (χ3n) is 7.67. The van der Waals surface area contributed by atoms with Crippen molar-refractivity contribution in [2.45, 2.75) is 64.7 Å². The molecule has 2 aliphatic rings. The van der Waals surface area contributed by atoms with Crippen LogP contribution in [0.3, 0.4) is 0 Å². The van der Waals surface area contributed by atoms with Crippen molar-refractivity contribution < 1.29 is 14.4 Å². The van der Waals surface area contributed by atoms with Crippen molar-refractivity contribution in [1.29, 1.82) is 0 Å². The average molecular weight is 612 g/mol. The second-order valence-corrected chi connectivity index (χ2v) is 12.8.